The summed E-state index contributed by atoms with van der Waals surface area (Å²) in [6.07, 6.45) is 0.218. The lowest BCUT2D eigenvalue weighted by Crippen LogP contribution is -2.55. The molecule has 4 aliphatic rings. The number of halogens is 4. The summed E-state index contributed by atoms with van der Waals surface area (Å²) < 4.78 is 0. The Kier molecular flexibility index (Phi) is 4.71. The summed E-state index contributed by atoms with van der Waals surface area (Å²) in [6.45, 7) is 1.76. The highest BCUT2D eigenvalue weighted by molar-refractivity contribution is 6.38. The maximum atomic E-state index is 14.0. The molecular formula is C23H17Cl4N3O4. The van der Waals surface area contributed by atoms with Gasteiger partial charge in [-0.2, -0.15) is 0 Å². The highest BCUT2D eigenvalue weighted by Crippen LogP contribution is 2.62. The molecular weight excluding hydrogens is 524 g/mol. The third kappa shape index (κ3) is 2.77. The fourth-order valence-corrected chi connectivity index (χ4v) is 7.42. The first-order valence-corrected chi connectivity index (χ1v) is 12.1. The number of anilines is 2. The summed E-state index contributed by atoms with van der Waals surface area (Å²) in [5, 5.41) is 14.8. The summed E-state index contributed by atoms with van der Waals surface area (Å²) in [6, 6.07) is 7.02. The summed E-state index contributed by atoms with van der Waals surface area (Å²) in [4.78, 5) is 44.4. The smallest absolute Gasteiger partial charge is 0.250 e. The number of fused-ring (bicyclic) bond motifs is 7. The molecule has 7 nitrogen and oxygen atoms in total. The molecule has 2 aromatic rings. The van der Waals surface area contributed by atoms with Gasteiger partial charge in [0, 0.05) is 33.2 Å². The van der Waals surface area contributed by atoms with Crippen molar-refractivity contribution in [3.05, 3.63) is 56.0 Å². The molecule has 0 radical (unpaired) electrons. The van der Waals surface area contributed by atoms with Gasteiger partial charge in [-0.15, -0.1) is 0 Å². The standard InChI is InChI=1S/C23H17Cl4N3O4/c1-22(34)7-15-16-17(20(32)30(19(16)31)12-3-9(24)2-10(25)4-12)23(29(15)8-22)13-5-11(26)6-14(27)18(13)28-21(23)33/h2-6,15-17,34H,7-8H2,1H3,(H,28,33)/t15?,16?,17?,22-,23?/m0/s1. The number of nitrogens with one attached hydrogen (secondary N) is 1. The SMILES string of the molecule is C[C@]1(O)CC2C3C(=O)N(c4cc(Cl)cc(Cl)c4)C(=O)C3C3(C(=O)Nc4c(Cl)cc(Cl)cc43)N2C1. The lowest BCUT2D eigenvalue weighted by atomic mass is 9.74. The minimum absolute atomic E-state index is 0.102. The maximum absolute atomic E-state index is 14.0. The van der Waals surface area contributed by atoms with Crippen LogP contribution in [0.2, 0.25) is 20.1 Å². The molecule has 0 aliphatic carbocycles. The highest BCUT2D eigenvalue weighted by Gasteiger charge is 2.76. The number of aliphatic hydroxyl groups is 1. The molecule has 3 saturated heterocycles. The van der Waals surface area contributed by atoms with E-state index in [-0.39, 0.29) is 33.7 Å². The molecule has 1 spiro atoms. The molecule has 34 heavy (non-hydrogen) atoms. The number of amides is 3. The van der Waals surface area contributed by atoms with Crippen molar-refractivity contribution in [1.82, 2.24) is 4.90 Å². The Labute approximate surface area is 214 Å². The van der Waals surface area contributed by atoms with Crippen LogP contribution in [0.3, 0.4) is 0 Å². The van der Waals surface area contributed by atoms with E-state index in [9.17, 15) is 19.5 Å². The Morgan fingerprint density at radius 3 is 2.29 bits per heavy atom. The van der Waals surface area contributed by atoms with Crippen LogP contribution in [-0.4, -0.2) is 45.9 Å². The topological polar surface area (TPSA) is 90.0 Å². The van der Waals surface area contributed by atoms with Gasteiger partial charge < -0.3 is 10.4 Å². The number of nitrogens with zero attached hydrogens (tertiary/aromatic N) is 2. The highest BCUT2D eigenvalue weighted by atomic mass is 35.5. The van der Waals surface area contributed by atoms with Gasteiger partial charge in [0.1, 0.15) is 5.54 Å². The van der Waals surface area contributed by atoms with Crippen molar-refractivity contribution in [3.63, 3.8) is 0 Å². The van der Waals surface area contributed by atoms with Gasteiger partial charge in [-0.05, 0) is 43.7 Å². The average Bonchev–Trinajstić information content (AvgIpc) is 3.35. The lowest BCUT2D eigenvalue weighted by Gasteiger charge is -2.37. The Hall–Kier alpha value is -1.87. The maximum Gasteiger partial charge on any atom is 0.250 e. The van der Waals surface area contributed by atoms with Crippen molar-refractivity contribution in [3.8, 4) is 0 Å². The predicted molar refractivity (Wildman–Crippen MR) is 128 cm³/mol. The van der Waals surface area contributed by atoms with Crippen molar-refractivity contribution in [2.75, 3.05) is 16.8 Å². The second kappa shape index (κ2) is 7.09. The largest absolute Gasteiger partial charge is 0.389 e. The van der Waals surface area contributed by atoms with E-state index in [2.05, 4.69) is 5.32 Å². The second-order valence-corrected chi connectivity index (χ2v) is 11.3. The third-order valence-corrected chi connectivity index (χ3v) is 8.34. The van der Waals surface area contributed by atoms with Gasteiger partial charge in [0.25, 0.3) is 5.91 Å². The molecule has 4 aliphatic heterocycles. The van der Waals surface area contributed by atoms with Crippen LogP contribution in [0.15, 0.2) is 30.3 Å². The van der Waals surface area contributed by atoms with Crippen LogP contribution in [0.5, 0.6) is 0 Å². The van der Waals surface area contributed by atoms with E-state index in [0.717, 1.165) is 4.90 Å². The van der Waals surface area contributed by atoms with Crippen molar-refractivity contribution >= 4 is 75.5 Å². The van der Waals surface area contributed by atoms with E-state index in [1.807, 2.05) is 0 Å². The first kappa shape index (κ1) is 22.6. The van der Waals surface area contributed by atoms with Gasteiger partial charge >= 0.3 is 0 Å². The molecule has 2 aromatic carbocycles. The molecule has 4 heterocycles. The number of carbonyl (C=O) groups is 3. The van der Waals surface area contributed by atoms with Crippen LogP contribution in [-0.2, 0) is 19.9 Å². The zero-order valence-corrected chi connectivity index (χ0v) is 20.6. The fourth-order valence-electron chi connectivity index (χ4n) is 6.36. The van der Waals surface area contributed by atoms with Gasteiger partial charge in [0.15, 0.2) is 0 Å². The molecule has 0 saturated carbocycles. The van der Waals surface area contributed by atoms with Gasteiger partial charge in [0.05, 0.1) is 33.8 Å². The normalized spacial score (nSPS) is 34.1. The monoisotopic (exact) mass is 539 g/mol. The zero-order chi connectivity index (χ0) is 24.3. The van der Waals surface area contributed by atoms with E-state index in [4.69, 9.17) is 46.4 Å². The minimum atomic E-state index is -1.55. The number of carbonyl (C=O) groups excluding carboxylic acids is 3. The first-order valence-electron chi connectivity index (χ1n) is 10.6. The molecule has 3 amide bonds. The number of imide groups is 1. The molecule has 0 aromatic heterocycles. The molecule has 3 fully saturated rings. The number of benzene rings is 2. The molecule has 176 valence electrons. The van der Waals surface area contributed by atoms with Gasteiger partial charge in [-0.1, -0.05) is 46.4 Å². The Bertz CT molecular complexity index is 1310. The molecule has 5 atom stereocenters. The fraction of sp³-hybridized carbons (Fsp3) is 0.348. The average molecular weight is 541 g/mol. The van der Waals surface area contributed by atoms with Crippen molar-refractivity contribution in [2.45, 2.75) is 30.5 Å². The summed E-state index contributed by atoms with van der Waals surface area (Å²) in [7, 11) is 0. The molecule has 4 unspecified atom stereocenters. The van der Waals surface area contributed by atoms with Crippen molar-refractivity contribution < 1.29 is 19.5 Å². The Balaban J connectivity index is 1.59. The number of rotatable bonds is 1. The minimum Gasteiger partial charge on any atom is -0.389 e. The van der Waals surface area contributed by atoms with Crippen LogP contribution in [0, 0.1) is 11.8 Å². The lowest BCUT2D eigenvalue weighted by molar-refractivity contribution is -0.136. The number of hydrogen-bond donors (Lipinski definition) is 2. The predicted octanol–water partition coefficient (Wildman–Crippen LogP) is 4.09. The molecule has 11 heteroatoms. The van der Waals surface area contributed by atoms with Crippen molar-refractivity contribution in [2.24, 2.45) is 11.8 Å². The van der Waals surface area contributed by atoms with E-state index < -0.39 is 46.7 Å². The van der Waals surface area contributed by atoms with E-state index in [1.54, 1.807) is 17.9 Å². The van der Waals surface area contributed by atoms with Crippen LogP contribution < -0.4 is 10.2 Å². The van der Waals surface area contributed by atoms with Gasteiger partial charge in [-0.25, -0.2) is 4.90 Å². The summed E-state index contributed by atoms with van der Waals surface area (Å²) in [5.74, 6) is -3.40. The zero-order valence-electron chi connectivity index (χ0n) is 17.6. The van der Waals surface area contributed by atoms with E-state index >= 15 is 0 Å². The van der Waals surface area contributed by atoms with Crippen molar-refractivity contribution in [1.29, 1.82) is 0 Å². The second-order valence-electron chi connectivity index (χ2n) is 9.57. The van der Waals surface area contributed by atoms with E-state index in [1.165, 1.54) is 24.3 Å². The molecule has 6 rings (SSSR count). The quantitative estimate of drug-likeness (QED) is 0.532. The summed E-state index contributed by atoms with van der Waals surface area (Å²) in [5.41, 5.74) is -1.70. The van der Waals surface area contributed by atoms with Crippen LogP contribution in [0.1, 0.15) is 18.9 Å². The summed E-state index contributed by atoms with van der Waals surface area (Å²) >= 11 is 25.0. The molecule has 0 bridgehead atoms. The van der Waals surface area contributed by atoms with Gasteiger partial charge in [-0.3, -0.25) is 19.3 Å². The third-order valence-electron chi connectivity index (χ3n) is 7.38. The Morgan fingerprint density at radius 2 is 1.62 bits per heavy atom. The van der Waals surface area contributed by atoms with Crippen LogP contribution in [0.4, 0.5) is 11.4 Å². The Morgan fingerprint density at radius 1 is 0.971 bits per heavy atom. The van der Waals surface area contributed by atoms with Gasteiger partial charge in [0.2, 0.25) is 11.8 Å². The number of hydrogen-bond acceptors (Lipinski definition) is 5. The van der Waals surface area contributed by atoms with E-state index in [0.29, 0.717) is 16.3 Å². The molecule has 2 N–H and O–H groups in total. The first-order chi connectivity index (χ1) is 16.0. The van der Waals surface area contributed by atoms with Crippen LogP contribution >= 0.6 is 46.4 Å². The van der Waals surface area contributed by atoms with Crippen LogP contribution in [0.25, 0.3) is 0 Å².